The van der Waals surface area contributed by atoms with Crippen molar-refractivity contribution in [3.8, 4) is 5.75 Å². The third-order valence-corrected chi connectivity index (χ3v) is 7.58. The summed E-state index contributed by atoms with van der Waals surface area (Å²) < 4.78 is 11.4. The van der Waals surface area contributed by atoms with Gasteiger partial charge >= 0.3 is 5.97 Å². The monoisotopic (exact) mass is 517 g/mol. The Morgan fingerprint density at radius 3 is 2.59 bits per heavy atom. The Morgan fingerprint density at radius 1 is 1.08 bits per heavy atom. The maximum absolute atomic E-state index is 12.4. The number of hydrogen-bond acceptors (Lipinski definition) is 5. The maximum atomic E-state index is 12.4. The minimum atomic E-state index is -0.806. The van der Waals surface area contributed by atoms with E-state index in [2.05, 4.69) is 23.1 Å². The van der Waals surface area contributed by atoms with Crippen LogP contribution in [0.3, 0.4) is 0 Å². The number of ether oxygens (including phenoxy) is 2. The number of carbonyl (C=O) groups excluding carboxylic acids is 1. The van der Waals surface area contributed by atoms with Gasteiger partial charge in [-0.1, -0.05) is 54.1 Å². The van der Waals surface area contributed by atoms with Crippen LogP contribution in [0.1, 0.15) is 58.8 Å². The van der Waals surface area contributed by atoms with E-state index in [1.807, 2.05) is 55.5 Å². The molecule has 6 heteroatoms. The van der Waals surface area contributed by atoms with Crippen molar-refractivity contribution in [2.45, 2.75) is 38.4 Å². The van der Waals surface area contributed by atoms with Gasteiger partial charge in [-0.15, -0.1) is 0 Å². The van der Waals surface area contributed by atoms with Gasteiger partial charge in [0, 0.05) is 30.2 Å². The van der Waals surface area contributed by atoms with Gasteiger partial charge in [0.05, 0.1) is 17.8 Å². The number of piperidine rings is 1. The predicted molar refractivity (Wildman–Crippen MR) is 146 cm³/mol. The average molecular weight is 518 g/mol. The highest BCUT2D eigenvalue weighted by molar-refractivity contribution is 6.30. The summed E-state index contributed by atoms with van der Waals surface area (Å²) in [6.07, 6.45) is 4.47. The van der Waals surface area contributed by atoms with E-state index >= 15 is 0 Å². The first-order valence-corrected chi connectivity index (χ1v) is 13.3. The number of fused-ring (bicyclic) bond motifs is 2. The van der Waals surface area contributed by atoms with Gasteiger partial charge < -0.3 is 19.5 Å². The van der Waals surface area contributed by atoms with E-state index < -0.39 is 5.60 Å². The van der Waals surface area contributed by atoms with Crippen molar-refractivity contribution < 1.29 is 19.4 Å². The molecule has 1 fully saturated rings. The van der Waals surface area contributed by atoms with Gasteiger partial charge in [0.25, 0.3) is 0 Å². The molecular weight excluding hydrogens is 486 g/mol. The predicted octanol–water partition coefficient (Wildman–Crippen LogP) is 6.21. The van der Waals surface area contributed by atoms with Gasteiger partial charge in [-0.3, -0.25) is 0 Å². The van der Waals surface area contributed by atoms with Crippen molar-refractivity contribution in [1.29, 1.82) is 0 Å². The van der Waals surface area contributed by atoms with Crippen LogP contribution in [-0.4, -0.2) is 42.2 Å². The van der Waals surface area contributed by atoms with E-state index in [4.69, 9.17) is 21.1 Å². The molecule has 3 aromatic rings. The molecule has 2 heterocycles. The number of likely N-dealkylation sites (tertiary alicyclic amines) is 1. The summed E-state index contributed by atoms with van der Waals surface area (Å²) in [5.74, 6) is 0.435. The first kappa shape index (κ1) is 25.5. The molecule has 0 radical (unpaired) electrons. The van der Waals surface area contributed by atoms with Crippen molar-refractivity contribution in [1.82, 2.24) is 4.90 Å². The molecule has 0 unspecified atom stereocenters. The van der Waals surface area contributed by atoms with Crippen molar-refractivity contribution in [2.24, 2.45) is 0 Å². The molecule has 0 saturated carbocycles. The third kappa shape index (κ3) is 5.59. The number of rotatable bonds is 6. The second kappa shape index (κ2) is 11.1. The number of hydrogen-bond donors (Lipinski definition) is 1. The van der Waals surface area contributed by atoms with Crippen LogP contribution in [-0.2, 0) is 16.9 Å². The fraction of sp³-hybridized carbons (Fsp3) is 0.323. The highest BCUT2D eigenvalue weighted by atomic mass is 35.5. The number of halogens is 1. The lowest BCUT2D eigenvalue weighted by Crippen LogP contribution is -2.42. The van der Waals surface area contributed by atoms with Gasteiger partial charge in [0.15, 0.2) is 0 Å². The lowest BCUT2D eigenvalue weighted by molar-refractivity contribution is -0.0254. The van der Waals surface area contributed by atoms with Crippen molar-refractivity contribution in [2.75, 3.05) is 26.2 Å². The van der Waals surface area contributed by atoms with Crippen LogP contribution in [0, 0.1) is 0 Å². The molecule has 37 heavy (non-hydrogen) atoms. The lowest BCUT2D eigenvalue weighted by atomic mass is 9.84. The van der Waals surface area contributed by atoms with E-state index in [1.54, 1.807) is 6.07 Å². The van der Waals surface area contributed by atoms with Crippen LogP contribution in [0.2, 0.25) is 5.02 Å². The smallest absolute Gasteiger partial charge is 0.338 e. The normalized spacial score (nSPS) is 17.9. The van der Waals surface area contributed by atoms with Gasteiger partial charge in [0.1, 0.15) is 12.4 Å². The second-order valence-electron chi connectivity index (χ2n) is 9.66. The molecule has 0 spiro atoms. The molecule has 2 aliphatic heterocycles. The standard InChI is InChI=1S/C31H32ClNO4/c1-2-36-30(34)22-9-14-29-28(20-22)27(26-7-4-3-6-23(26)21-37-29)8-5-17-33-18-15-31(35,16-19-33)24-10-12-25(32)13-11-24/h3-4,6-14,20,35H,2,5,15-19,21H2,1H3/b27-8+. The molecule has 0 aliphatic carbocycles. The molecule has 5 nitrogen and oxygen atoms in total. The lowest BCUT2D eigenvalue weighted by Gasteiger charge is -2.38. The summed E-state index contributed by atoms with van der Waals surface area (Å²) in [6.45, 7) is 5.16. The Kier molecular flexibility index (Phi) is 7.65. The SMILES string of the molecule is CCOC(=O)c1ccc2c(c1)/C(=C/CCN1CCC(O)(c3ccc(Cl)cc3)CC1)c1ccccc1CO2. The first-order chi connectivity index (χ1) is 18.0. The molecule has 0 atom stereocenters. The molecule has 1 N–H and O–H groups in total. The van der Waals surface area contributed by atoms with E-state index in [0.717, 1.165) is 59.6 Å². The van der Waals surface area contributed by atoms with Crippen LogP contribution in [0.25, 0.3) is 5.57 Å². The summed E-state index contributed by atoms with van der Waals surface area (Å²) in [5, 5.41) is 11.9. The quantitative estimate of drug-likeness (QED) is 0.394. The minimum absolute atomic E-state index is 0.330. The van der Waals surface area contributed by atoms with Crippen LogP contribution < -0.4 is 4.74 Å². The Hall–Kier alpha value is -3.12. The summed E-state index contributed by atoms with van der Waals surface area (Å²) >= 11 is 6.03. The molecule has 0 aromatic heterocycles. The number of benzene rings is 3. The van der Waals surface area contributed by atoms with Gasteiger partial charge in [0.2, 0.25) is 0 Å². The zero-order chi connectivity index (χ0) is 25.8. The Bertz CT molecular complexity index is 1290. The molecule has 0 bridgehead atoms. The topological polar surface area (TPSA) is 59.0 Å². The molecule has 192 valence electrons. The van der Waals surface area contributed by atoms with Crippen molar-refractivity contribution >= 4 is 23.1 Å². The fourth-order valence-corrected chi connectivity index (χ4v) is 5.35. The van der Waals surface area contributed by atoms with E-state index in [1.165, 1.54) is 0 Å². The van der Waals surface area contributed by atoms with Gasteiger partial charge in [-0.2, -0.15) is 0 Å². The van der Waals surface area contributed by atoms with Gasteiger partial charge in [-0.05, 0) is 78.8 Å². The second-order valence-corrected chi connectivity index (χ2v) is 10.1. The Balaban J connectivity index is 1.34. The van der Waals surface area contributed by atoms with Crippen LogP contribution in [0.15, 0.2) is 72.8 Å². The molecule has 5 rings (SSSR count). The Morgan fingerprint density at radius 2 is 1.84 bits per heavy atom. The summed E-state index contributed by atoms with van der Waals surface area (Å²) in [7, 11) is 0. The summed E-state index contributed by atoms with van der Waals surface area (Å²) in [4.78, 5) is 14.8. The maximum Gasteiger partial charge on any atom is 0.338 e. The molecule has 1 saturated heterocycles. The number of esters is 1. The highest BCUT2D eigenvalue weighted by Crippen LogP contribution is 2.38. The summed E-state index contributed by atoms with van der Waals surface area (Å²) in [6, 6.07) is 21.3. The Labute approximate surface area is 223 Å². The average Bonchev–Trinajstić information content (AvgIpc) is 3.07. The van der Waals surface area contributed by atoms with E-state index in [-0.39, 0.29) is 5.97 Å². The van der Waals surface area contributed by atoms with E-state index in [9.17, 15) is 9.90 Å². The molecular formula is C31H32ClNO4. The van der Waals surface area contributed by atoms with Crippen LogP contribution in [0.4, 0.5) is 0 Å². The van der Waals surface area contributed by atoms with Crippen molar-refractivity contribution in [3.63, 3.8) is 0 Å². The summed E-state index contributed by atoms with van der Waals surface area (Å²) in [5.41, 5.74) is 4.87. The largest absolute Gasteiger partial charge is 0.488 e. The first-order valence-electron chi connectivity index (χ1n) is 12.9. The van der Waals surface area contributed by atoms with Crippen molar-refractivity contribution in [3.05, 3.63) is 106 Å². The highest BCUT2D eigenvalue weighted by Gasteiger charge is 2.33. The minimum Gasteiger partial charge on any atom is -0.488 e. The van der Waals surface area contributed by atoms with E-state index in [0.29, 0.717) is 36.6 Å². The number of carbonyl (C=O) groups is 1. The number of nitrogens with zero attached hydrogens (tertiary/aromatic N) is 1. The zero-order valence-corrected chi connectivity index (χ0v) is 21.8. The molecule has 0 amide bonds. The van der Waals surface area contributed by atoms with Gasteiger partial charge in [-0.25, -0.2) is 4.79 Å². The van der Waals surface area contributed by atoms with Crippen LogP contribution >= 0.6 is 11.6 Å². The fourth-order valence-electron chi connectivity index (χ4n) is 5.22. The zero-order valence-electron chi connectivity index (χ0n) is 21.1. The number of aliphatic hydroxyl groups is 1. The molecule has 2 aliphatic rings. The third-order valence-electron chi connectivity index (χ3n) is 7.33. The molecule has 3 aromatic carbocycles. The van der Waals surface area contributed by atoms with Crippen LogP contribution in [0.5, 0.6) is 5.75 Å².